The van der Waals surface area contributed by atoms with Gasteiger partial charge in [-0.1, -0.05) is 0 Å². The third-order valence-corrected chi connectivity index (χ3v) is 5.36. The highest BCUT2D eigenvalue weighted by molar-refractivity contribution is 7.99. The SMILES string of the molecule is CSC1CCN(c2cc(C)nn2CC(F)(F)F)C1.N#CC1(NC=O)CC1. The van der Waals surface area contributed by atoms with Gasteiger partial charge in [0.05, 0.1) is 11.8 Å². The molecule has 0 aromatic carbocycles. The van der Waals surface area contributed by atoms with E-state index in [4.69, 9.17) is 5.26 Å². The van der Waals surface area contributed by atoms with Crippen LogP contribution >= 0.6 is 11.8 Å². The van der Waals surface area contributed by atoms with Crippen LogP contribution in [0, 0.1) is 18.3 Å². The average Bonchev–Trinajstić information content (AvgIpc) is 3.02. The normalized spacial score (nSPS) is 20.8. The second-order valence-electron chi connectivity index (χ2n) is 6.47. The Hall–Kier alpha value is -1.89. The predicted molar refractivity (Wildman–Crippen MR) is 93.9 cm³/mol. The van der Waals surface area contributed by atoms with Crippen molar-refractivity contribution in [1.29, 1.82) is 5.26 Å². The highest BCUT2D eigenvalue weighted by Gasteiger charge is 2.42. The molecule has 1 saturated carbocycles. The van der Waals surface area contributed by atoms with E-state index in [9.17, 15) is 18.0 Å². The Morgan fingerprint density at radius 3 is 2.65 bits per heavy atom. The van der Waals surface area contributed by atoms with Gasteiger partial charge in [-0.2, -0.15) is 35.3 Å². The van der Waals surface area contributed by atoms with E-state index in [2.05, 4.69) is 10.4 Å². The van der Waals surface area contributed by atoms with Crippen molar-refractivity contribution in [3.8, 4) is 6.07 Å². The molecular weight excluding hydrogens is 367 g/mol. The average molecular weight is 389 g/mol. The third kappa shape index (κ3) is 5.56. The Morgan fingerprint density at radius 1 is 1.54 bits per heavy atom. The van der Waals surface area contributed by atoms with Crippen molar-refractivity contribution in [2.75, 3.05) is 24.2 Å². The Bertz CT molecular complexity index is 666. The van der Waals surface area contributed by atoms with Crippen molar-refractivity contribution in [2.45, 2.75) is 49.7 Å². The summed E-state index contributed by atoms with van der Waals surface area (Å²) in [5.41, 5.74) is 0.156. The molecular formula is C16H22F3N5OS. The van der Waals surface area contributed by atoms with E-state index in [0.717, 1.165) is 37.0 Å². The summed E-state index contributed by atoms with van der Waals surface area (Å²) in [5, 5.41) is 15.2. The van der Waals surface area contributed by atoms with Gasteiger partial charge in [-0.15, -0.1) is 0 Å². The minimum absolute atomic E-state index is 0.470. The first-order valence-corrected chi connectivity index (χ1v) is 9.52. The molecule has 1 aliphatic carbocycles. The summed E-state index contributed by atoms with van der Waals surface area (Å²) in [6.45, 7) is 2.30. The zero-order chi connectivity index (χ0) is 19.4. The number of thioether (sulfide) groups is 1. The van der Waals surface area contributed by atoms with Crippen molar-refractivity contribution < 1.29 is 18.0 Å². The molecule has 1 aromatic heterocycles. The first kappa shape index (κ1) is 20.4. The van der Waals surface area contributed by atoms with E-state index >= 15 is 0 Å². The van der Waals surface area contributed by atoms with Crippen molar-refractivity contribution in [3.05, 3.63) is 11.8 Å². The first-order chi connectivity index (χ1) is 12.2. The smallest absolute Gasteiger partial charge is 0.356 e. The minimum atomic E-state index is -4.23. The molecule has 0 spiro atoms. The van der Waals surface area contributed by atoms with E-state index in [1.54, 1.807) is 24.8 Å². The maximum atomic E-state index is 12.5. The second kappa shape index (κ2) is 8.20. The van der Waals surface area contributed by atoms with Crippen LogP contribution < -0.4 is 10.2 Å². The lowest BCUT2D eigenvalue weighted by atomic mass is 10.3. The quantitative estimate of drug-likeness (QED) is 0.784. The van der Waals surface area contributed by atoms with Gasteiger partial charge in [0.15, 0.2) is 0 Å². The van der Waals surface area contributed by atoms with Crippen LogP contribution in [0.1, 0.15) is 25.0 Å². The number of nitrogens with one attached hydrogen (secondary N) is 1. The van der Waals surface area contributed by atoms with Crippen molar-refractivity contribution in [3.63, 3.8) is 0 Å². The van der Waals surface area contributed by atoms with Crippen molar-refractivity contribution in [1.82, 2.24) is 15.1 Å². The van der Waals surface area contributed by atoms with Gasteiger partial charge in [0, 0.05) is 24.4 Å². The Kier molecular flexibility index (Phi) is 6.44. The number of rotatable bonds is 5. The van der Waals surface area contributed by atoms with Gasteiger partial charge >= 0.3 is 6.18 Å². The Balaban J connectivity index is 0.000000254. The fourth-order valence-electron chi connectivity index (χ4n) is 2.73. The fourth-order valence-corrected chi connectivity index (χ4v) is 3.40. The zero-order valence-corrected chi connectivity index (χ0v) is 15.5. The number of hydrogen-bond acceptors (Lipinski definition) is 5. The molecule has 1 saturated heterocycles. The highest BCUT2D eigenvalue weighted by Crippen LogP contribution is 2.33. The zero-order valence-electron chi connectivity index (χ0n) is 14.7. The van der Waals surface area contributed by atoms with Crippen LogP contribution in [-0.2, 0) is 11.3 Å². The molecule has 3 rings (SSSR count). The number of alkyl halides is 3. The monoisotopic (exact) mass is 389 g/mol. The first-order valence-electron chi connectivity index (χ1n) is 8.23. The molecule has 26 heavy (non-hydrogen) atoms. The minimum Gasteiger partial charge on any atom is -0.356 e. The van der Waals surface area contributed by atoms with Gasteiger partial charge in [-0.3, -0.25) is 4.79 Å². The molecule has 1 aliphatic heterocycles. The van der Waals surface area contributed by atoms with Crippen LogP contribution in [-0.4, -0.2) is 52.5 Å². The van der Waals surface area contributed by atoms with Crippen LogP contribution in [0.3, 0.4) is 0 Å². The van der Waals surface area contributed by atoms with E-state index in [0.29, 0.717) is 23.2 Å². The van der Waals surface area contributed by atoms with Crippen LogP contribution in [0.2, 0.25) is 0 Å². The van der Waals surface area contributed by atoms with Gasteiger partial charge in [-0.05, 0) is 32.4 Å². The number of carbonyl (C=O) groups is 1. The number of aromatic nitrogens is 2. The van der Waals surface area contributed by atoms with Gasteiger partial charge < -0.3 is 10.2 Å². The van der Waals surface area contributed by atoms with E-state index < -0.39 is 18.3 Å². The molecule has 6 nitrogen and oxygen atoms in total. The lowest BCUT2D eigenvalue weighted by molar-refractivity contribution is -0.142. The molecule has 1 N–H and O–H groups in total. The van der Waals surface area contributed by atoms with Crippen molar-refractivity contribution in [2.24, 2.45) is 0 Å². The Labute approximate surface area is 154 Å². The van der Waals surface area contributed by atoms with Gasteiger partial charge in [0.1, 0.15) is 17.9 Å². The number of anilines is 1. The number of nitriles is 1. The number of halogens is 3. The summed E-state index contributed by atoms with van der Waals surface area (Å²) in [6, 6.07) is 3.74. The van der Waals surface area contributed by atoms with Gasteiger partial charge in [-0.25, -0.2) is 4.68 Å². The van der Waals surface area contributed by atoms with E-state index in [-0.39, 0.29) is 0 Å². The highest BCUT2D eigenvalue weighted by atomic mass is 32.2. The standard InChI is InChI=1S/C11H16F3N3S.C5H6N2O/c1-8-5-10(16-4-3-9(6-16)18-2)17(15-8)7-11(12,13)14;6-3-5(1-2-5)7-4-8/h5,9H,3-4,6-7H2,1-2H3;4H,1-2H2,(H,7,8). The summed E-state index contributed by atoms with van der Waals surface area (Å²) >= 11 is 1.76. The lowest BCUT2D eigenvalue weighted by Crippen LogP contribution is -2.27. The number of aryl methyl sites for hydroxylation is 1. The number of nitrogens with zero attached hydrogens (tertiary/aromatic N) is 4. The Morgan fingerprint density at radius 2 is 2.23 bits per heavy atom. The summed E-state index contributed by atoms with van der Waals surface area (Å²) in [6.07, 6.45) is 1.01. The van der Waals surface area contributed by atoms with Gasteiger partial charge in [0.2, 0.25) is 6.41 Å². The molecule has 1 unspecified atom stereocenters. The molecule has 144 valence electrons. The number of amides is 1. The summed E-state index contributed by atoms with van der Waals surface area (Å²) in [7, 11) is 0. The summed E-state index contributed by atoms with van der Waals surface area (Å²) < 4.78 is 38.5. The number of hydrogen-bond donors (Lipinski definition) is 1. The van der Waals surface area contributed by atoms with E-state index in [1.807, 2.05) is 17.2 Å². The molecule has 1 aromatic rings. The predicted octanol–water partition coefficient (Wildman–Crippen LogP) is 2.48. The molecule has 2 heterocycles. The van der Waals surface area contributed by atoms with Crippen LogP contribution in [0.4, 0.5) is 19.0 Å². The number of carbonyl (C=O) groups excluding carboxylic acids is 1. The molecule has 1 amide bonds. The summed E-state index contributed by atoms with van der Waals surface area (Å²) in [4.78, 5) is 11.8. The van der Waals surface area contributed by atoms with Crippen LogP contribution in [0.5, 0.6) is 0 Å². The fraction of sp³-hybridized carbons (Fsp3) is 0.688. The molecule has 0 bridgehead atoms. The third-order valence-electron chi connectivity index (χ3n) is 4.31. The topological polar surface area (TPSA) is 74.0 Å². The van der Waals surface area contributed by atoms with E-state index in [1.165, 1.54) is 0 Å². The maximum absolute atomic E-state index is 12.5. The van der Waals surface area contributed by atoms with Crippen LogP contribution in [0.15, 0.2) is 6.07 Å². The molecule has 1 atom stereocenters. The maximum Gasteiger partial charge on any atom is 0.408 e. The molecule has 0 radical (unpaired) electrons. The van der Waals surface area contributed by atoms with Crippen molar-refractivity contribution >= 4 is 24.0 Å². The van der Waals surface area contributed by atoms with Gasteiger partial charge in [0.25, 0.3) is 0 Å². The second-order valence-corrected chi connectivity index (χ2v) is 7.60. The molecule has 10 heteroatoms. The van der Waals surface area contributed by atoms with Crippen LogP contribution in [0.25, 0.3) is 0 Å². The molecule has 2 fully saturated rings. The largest absolute Gasteiger partial charge is 0.408 e. The molecule has 2 aliphatic rings. The summed E-state index contributed by atoms with van der Waals surface area (Å²) in [5.74, 6) is 0.585. The lowest BCUT2D eigenvalue weighted by Gasteiger charge is -2.20.